The zero-order valence-corrected chi connectivity index (χ0v) is 12.2. The zero-order valence-electron chi connectivity index (χ0n) is 11.4. The molecule has 1 rings (SSSR count). The van der Waals surface area contributed by atoms with Crippen molar-refractivity contribution in [2.75, 3.05) is 13.2 Å². The van der Waals surface area contributed by atoms with E-state index >= 15 is 0 Å². The number of hydrogen-bond acceptors (Lipinski definition) is 5. The lowest BCUT2D eigenvalue weighted by Gasteiger charge is -2.06. The summed E-state index contributed by atoms with van der Waals surface area (Å²) in [5, 5.41) is 13.6. The van der Waals surface area contributed by atoms with Crippen LogP contribution in [-0.4, -0.2) is 30.0 Å². The standard InChI is InChI=1S/C13H15ClN2O5/c1-2-3-6-15-12(17)8-21-13(18)10-7-9(14)4-5-11(10)16(19)20/h4-5,7H,2-3,6,8H2,1H3,(H,15,17). The minimum absolute atomic E-state index is 0.167. The van der Waals surface area contributed by atoms with E-state index in [0.29, 0.717) is 6.54 Å². The molecule has 0 aliphatic rings. The van der Waals surface area contributed by atoms with Gasteiger partial charge in [-0.1, -0.05) is 24.9 Å². The van der Waals surface area contributed by atoms with Gasteiger partial charge in [0.15, 0.2) is 6.61 Å². The topological polar surface area (TPSA) is 98.5 Å². The van der Waals surface area contributed by atoms with Gasteiger partial charge >= 0.3 is 5.97 Å². The number of hydrogen-bond donors (Lipinski definition) is 1. The van der Waals surface area contributed by atoms with E-state index < -0.39 is 29.1 Å². The van der Waals surface area contributed by atoms with Crippen molar-refractivity contribution in [3.8, 4) is 0 Å². The highest BCUT2D eigenvalue weighted by Gasteiger charge is 2.22. The van der Waals surface area contributed by atoms with Gasteiger partial charge in [0, 0.05) is 17.6 Å². The Bertz CT molecular complexity index is 547. The molecular formula is C13H15ClN2O5. The van der Waals surface area contributed by atoms with E-state index in [1.807, 2.05) is 6.92 Å². The first-order valence-electron chi connectivity index (χ1n) is 6.33. The quantitative estimate of drug-likeness (QED) is 0.360. The molecule has 0 atom stereocenters. The van der Waals surface area contributed by atoms with Crippen LogP contribution in [0.25, 0.3) is 0 Å². The largest absolute Gasteiger partial charge is 0.452 e. The minimum Gasteiger partial charge on any atom is -0.452 e. The highest BCUT2D eigenvalue weighted by atomic mass is 35.5. The van der Waals surface area contributed by atoms with Crippen LogP contribution in [0.2, 0.25) is 5.02 Å². The number of carbonyl (C=O) groups is 2. The van der Waals surface area contributed by atoms with Gasteiger partial charge in [-0.2, -0.15) is 0 Å². The minimum atomic E-state index is -0.963. The summed E-state index contributed by atoms with van der Waals surface area (Å²) in [6.07, 6.45) is 1.74. The highest BCUT2D eigenvalue weighted by Crippen LogP contribution is 2.23. The summed E-state index contributed by atoms with van der Waals surface area (Å²) in [6, 6.07) is 3.55. The average molecular weight is 315 g/mol. The Morgan fingerprint density at radius 3 is 2.76 bits per heavy atom. The lowest BCUT2D eigenvalue weighted by molar-refractivity contribution is -0.385. The summed E-state index contributed by atoms with van der Waals surface area (Å²) in [7, 11) is 0. The van der Waals surface area contributed by atoms with E-state index in [1.165, 1.54) is 6.07 Å². The predicted octanol–water partition coefficient (Wildman–Crippen LogP) is 2.32. The Hall–Kier alpha value is -2.15. The number of halogens is 1. The molecule has 1 aromatic rings. The van der Waals surface area contributed by atoms with Crippen LogP contribution in [-0.2, 0) is 9.53 Å². The zero-order chi connectivity index (χ0) is 15.8. The van der Waals surface area contributed by atoms with E-state index in [4.69, 9.17) is 16.3 Å². The van der Waals surface area contributed by atoms with Gasteiger partial charge in [0.2, 0.25) is 0 Å². The molecule has 0 saturated carbocycles. The normalized spacial score (nSPS) is 10.0. The van der Waals surface area contributed by atoms with Crippen LogP contribution in [0, 0.1) is 10.1 Å². The molecular weight excluding hydrogens is 300 g/mol. The first-order valence-corrected chi connectivity index (χ1v) is 6.71. The summed E-state index contributed by atoms with van der Waals surface area (Å²) in [5.74, 6) is -1.42. The maximum atomic E-state index is 11.8. The van der Waals surface area contributed by atoms with Crippen molar-refractivity contribution >= 4 is 29.2 Å². The van der Waals surface area contributed by atoms with Crippen molar-refractivity contribution < 1.29 is 19.2 Å². The molecule has 1 amide bonds. The molecule has 0 aliphatic carbocycles. The van der Waals surface area contributed by atoms with Gasteiger partial charge in [-0.15, -0.1) is 0 Å². The Balaban J connectivity index is 2.65. The van der Waals surface area contributed by atoms with Crippen LogP contribution in [0.5, 0.6) is 0 Å². The molecule has 1 N–H and O–H groups in total. The lowest BCUT2D eigenvalue weighted by Crippen LogP contribution is -2.29. The molecule has 8 heteroatoms. The highest BCUT2D eigenvalue weighted by molar-refractivity contribution is 6.31. The molecule has 0 spiro atoms. The third kappa shape index (κ3) is 5.39. The molecule has 21 heavy (non-hydrogen) atoms. The average Bonchev–Trinajstić information content (AvgIpc) is 2.44. The fourth-order valence-electron chi connectivity index (χ4n) is 1.50. The summed E-state index contributed by atoms with van der Waals surface area (Å²) < 4.78 is 4.75. The Kier molecular flexibility index (Phi) is 6.61. The lowest BCUT2D eigenvalue weighted by atomic mass is 10.2. The molecule has 1 aromatic carbocycles. The number of unbranched alkanes of at least 4 members (excludes halogenated alkanes) is 1. The number of benzene rings is 1. The molecule has 0 bridgehead atoms. The first kappa shape index (κ1) is 16.9. The number of rotatable bonds is 7. The summed E-state index contributed by atoms with van der Waals surface area (Å²) in [6.45, 7) is 1.97. The number of carbonyl (C=O) groups excluding carboxylic acids is 2. The van der Waals surface area contributed by atoms with Crippen LogP contribution >= 0.6 is 11.6 Å². The molecule has 0 heterocycles. The van der Waals surface area contributed by atoms with Gasteiger partial charge < -0.3 is 10.1 Å². The van der Waals surface area contributed by atoms with Crippen molar-refractivity contribution in [3.63, 3.8) is 0 Å². The monoisotopic (exact) mass is 314 g/mol. The molecule has 0 saturated heterocycles. The third-order valence-electron chi connectivity index (χ3n) is 2.56. The number of esters is 1. The molecule has 0 aromatic heterocycles. The van der Waals surface area contributed by atoms with E-state index in [2.05, 4.69) is 5.32 Å². The van der Waals surface area contributed by atoms with E-state index in [1.54, 1.807) is 0 Å². The van der Waals surface area contributed by atoms with Gasteiger partial charge in [0.05, 0.1) is 4.92 Å². The summed E-state index contributed by atoms with van der Waals surface area (Å²) in [5.41, 5.74) is -0.704. The first-order chi connectivity index (χ1) is 9.95. The second-order valence-electron chi connectivity index (χ2n) is 4.20. The second-order valence-corrected chi connectivity index (χ2v) is 4.63. The van der Waals surface area contributed by atoms with Gasteiger partial charge in [-0.05, 0) is 18.6 Å². The number of ether oxygens (including phenoxy) is 1. The van der Waals surface area contributed by atoms with Gasteiger partial charge in [0.1, 0.15) is 5.56 Å². The summed E-state index contributed by atoms with van der Waals surface area (Å²) >= 11 is 5.70. The van der Waals surface area contributed by atoms with Crippen molar-refractivity contribution in [1.82, 2.24) is 5.32 Å². The van der Waals surface area contributed by atoms with Crippen molar-refractivity contribution in [2.24, 2.45) is 0 Å². The Morgan fingerprint density at radius 2 is 2.14 bits per heavy atom. The van der Waals surface area contributed by atoms with Crippen LogP contribution < -0.4 is 5.32 Å². The fraction of sp³-hybridized carbons (Fsp3) is 0.385. The maximum absolute atomic E-state index is 11.8. The third-order valence-corrected chi connectivity index (χ3v) is 2.80. The smallest absolute Gasteiger partial charge is 0.345 e. The second kappa shape index (κ2) is 8.21. The summed E-state index contributed by atoms with van der Waals surface area (Å²) in [4.78, 5) is 33.3. The molecule has 0 aliphatic heterocycles. The van der Waals surface area contributed by atoms with Crippen molar-refractivity contribution in [3.05, 3.63) is 38.9 Å². The van der Waals surface area contributed by atoms with Gasteiger partial charge in [0.25, 0.3) is 11.6 Å². The Morgan fingerprint density at radius 1 is 1.43 bits per heavy atom. The molecule has 114 valence electrons. The van der Waals surface area contributed by atoms with Crippen LogP contribution in [0.4, 0.5) is 5.69 Å². The maximum Gasteiger partial charge on any atom is 0.345 e. The SMILES string of the molecule is CCCCNC(=O)COC(=O)c1cc(Cl)ccc1[N+](=O)[O-]. The number of amides is 1. The molecule has 0 fully saturated rings. The molecule has 7 nitrogen and oxygen atoms in total. The number of nitro groups is 1. The van der Waals surface area contributed by atoms with Crippen molar-refractivity contribution in [2.45, 2.75) is 19.8 Å². The van der Waals surface area contributed by atoms with Gasteiger partial charge in [-0.25, -0.2) is 4.79 Å². The van der Waals surface area contributed by atoms with Gasteiger partial charge in [-0.3, -0.25) is 14.9 Å². The van der Waals surface area contributed by atoms with E-state index in [-0.39, 0.29) is 10.6 Å². The van der Waals surface area contributed by atoms with Crippen molar-refractivity contribution in [1.29, 1.82) is 0 Å². The fourth-order valence-corrected chi connectivity index (χ4v) is 1.67. The van der Waals surface area contributed by atoms with Crippen LogP contribution in [0.15, 0.2) is 18.2 Å². The molecule has 0 radical (unpaired) electrons. The van der Waals surface area contributed by atoms with E-state index in [0.717, 1.165) is 25.0 Å². The Labute approximate surface area is 126 Å². The van der Waals surface area contributed by atoms with Crippen LogP contribution in [0.3, 0.4) is 0 Å². The van der Waals surface area contributed by atoms with Crippen LogP contribution in [0.1, 0.15) is 30.1 Å². The molecule has 0 unspecified atom stereocenters. The van der Waals surface area contributed by atoms with E-state index in [9.17, 15) is 19.7 Å². The number of nitrogens with one attached hydrogen (secondary N) is 1. The predicted molar refractivity (Wildman–Crippen MR) is 76.3 cm³/mol. The number of nitro benzene ring substituents is 1. The number of nitrogens with zero attached hydrogens (tertiary/aromatic N) is 1.